The summed E-state index contributed by atoms with van der Waals surface area (Å²) in [5, 5.41) is 4.66. The number of fused-ring (bicyclic) bond motifs is 1. The zero-order valence-electron chi connectivity index (χ0n) is 13.0. The van der Waals surface area contributed by atoms with Crippen LogP contribution in [0.4, 0.5) is 0 Å². The van der Waals surface area contributed by atoms with Crippen LogP contribution in [-0.4, -0.2) is 41.5 Å². The zero-order chi connectivity index (χ0) is 15.8. The van der Waals surface area contributed by atoms with Gasteiger partial charge in [0.25, 0.3) is 5.91 Å². The van der Waals surface area contributed by atoms with Crippen LogP contribution in [0.15, 0.2) is 30.3 Å². The second kappa shape index (κ2) is 6.10. The largest absolute Gasteiger partial charge is 0.350 e. The van der Waals surface area contributed by atoms with Crippen molar-refractivity contribution in [1.82, 2.24) is 15.2 Å². The quantitative estimate of drug-likeness (QED) is 0.937. The molecule has 1 saturated heterocycles. The van der Waals surface area contributed by atoms with Crippen molar-refractivity contribution < 1.29 is 4.79 Å². The van der Waals surface area contributed by atoms with E-state index in [4.69, 9.17) is 11.6 Å². The number of hydrogen-bond donors (Lipinski definition) is 1. The second-order valence-electron chi connectivity index (χ2n) is 6.62. The van der Waals surface area contributed by atoms with Crippen LogP contribution in [-0.2, 0) is 0 Å². The van der Waals surface area contributed by atoms with Gasteiger partial charge >= 0.3 is 0 Å². The third kappa shape index (κ3) is 3.33. The van der Waals surface area contributed by atoms with E-state index in [2.05, 4.69) is 15.2 Å². The summed E-state index contributed by atoms with van der Waals surface area (Å²) in [4.78, 5) is 19.3. The minimum atomic E-state index is -0.100. The van der Waals surface area contributed by atoms with E-state index in [0.717, 1.165) is 30.0 Å². The van der Waals surface area contributed by atoms with Gasteiger partial charge in [0.1, 0.15) is 5.69 Å². The van der Waals surface area contributed by atoms with E-state index in [-0.39, 0.29) is 5.91 Å². The number of carbonyl (C=O) groups is 1. The van der Waals surface area contributed by atoms with Gasteiger partial charge in [0, 0.05) is 29.5 Å². The first-order chi connectivity index (χ1) is 11.2. The molecule has 1 aliphatic heterocycles. The summed E-state index contributed by atoms with van der Waals surface area (Å²) in [6.07, 6.45) is 3.88. The van der Waals surface area contributed by atoms with Crippen LogP contribution in [0.2, 0.25) is 5.02 Å². The number of benzene rings is 1. The van der Waals surface area contributed by atoms with Crippen molar-refractivity contribution in [2.24, 2.45) is 5.92 Å². The molecule has 1 N–H and O–H groups in total. The SMILES string of the molecule is O=C(NC[C@@H]1CCN(C2CC2)C1)c1ccc2ccc(Cl)cc2n1. The maximum Gasteiger partial charge on any atom is 0.269 e. The lowest BCUT2D eigenvalue weighted by Crippen LogP contribution is -2.31. The van der Waals surface area contributed by atoms with E-state index in [1.807, 2.05) is 18.2 Å². The molecule has 1 atom stereocenters. The van der Waals surface area contributed by atoms with Crippen molar-refractivity contribution in [3.8, 4) is 0 Å². The molecule has 23 heavy (non-hydrogen) atoms. The van der Waals surface area contributed by atoms with Crippen LogP contribution >= 0.6 is 11.6 Å². The van der Waals surface area contributed by atoms with Crippen LogP contribution in [0.5, 0.6) is 0 Å². The third-order valence-corrected chi connectivity index (χ3v) is 5.05. The van der Waals surface area contributed by atoms with Gasteiger partial charge in [-0.25, -0.2) is 4.98 Å². The van der Waals surface area contributed by atoms with E-state index in [1.54, 1.807) is 12.1 Å². The normalized spacial score (nSPS) is 21.7. The van der Waals surface area contributed by atoms with Gasteiger partial charge in [-0.05, 0) is 49.9 Å². The molecule has 1 aliphatic carbocycles. The van der Waals surface area contributed by atoms with Gasteiger partial charge in [0.2, 0.25) is 0 Å². The highest BCUT2D eigenvalue weighted by atomic mass is 35.5. The molecule has 0 bridgehead atoms. The maximum absolute atomic E-state index is 12.3. The van der Waals surface area contributed by atoms with E-state index < -0.39 is 0 Å². The molecule has 1 amide bonds. The molecule has 0 spiro atoms. The monoisotopic (exact) mass is 329 g/mol. The molecular formula is C18H20ClN3O. The number of aromatic nitrogens is 1. The van der Waals surface area contributed by atoms with Gasteiger partial charge in [-0.2, -0.15) is 0 Å². The van der Waals surface area contributed by atoms with Crippen molar-refractivity contribution in [3.05, 3.63) is 41.0 Å². The highest BCUT2D eigenvalue weighted by Crippen LogP contribution is 2.31. The van der Waals surface area contributed by atoms with E-state index in [9.17, 15) is 4.79 Å². The maximum atomic E-state index is 12.3. The van der Waals surface area contributed by atoms with E-state index in [1.165, 1.54) is 25.8 Å². The van der Waals surface area contributed by atoms with Crippen LogP contribution < -0.4 is 5.32 Å². The van der Waals surface area contributed by atoms with Crippen molar-refractivity contribution in [1.29, 1.82) is 0 Å². The topological polar surface area (TPSA) is 45.2 Å². The Labute approximate surface area is 140 Å². The lowest BCUT2D eigenvalue weighted by Gasteiger charge is -2.15. The summed E-state index contributed by atoms with van der Waals surface area (Å²) in [7, 11) is 0. The molecule has 0 unspecified atom stereocenters. The molecule has 4 rings (SSSR count). The molecule has 1 aromatic carbocycles. The fourth-order valence-electron chi connectivity index (χ4n) is 3.34. The number of pyridine rings is 1. The zero-order valence-corrected chi connectivity index (χ0v) is 13.7. The Hall–Kier alpha value is -1.65. The number of nitrogens with zero attached hydrogens (tertiary/aromatic N) is 2. The minimum absolute atomic E-state index is 0.100. The molecule has 1 saturated carbocycles. The van der Waals surface area contributed by atoms with E-state index in [0.29, 0.717) is 16.6 Å². The van der Waals surface area contributed by atoms with Crippen LogP contribution in [0.3, 0.4) is 0 Å². The van der Waals surface area contributed by atoms with Gasteiger partial charge < -0.3 is 10.2 Å². The Morgan fingerprint density at radius 3 is 2.91 bits per heavy atom. The van der Waals surface area contributed by atoms with Crippen molar-refractivity contribution >= 4 is 28.4 Å². The fraction of sp³-hybridized carbons (Fsp3) is 0.444. The van der Waals surface area contributed by atoms with Gasteiger partial charge in [-0.15, -0.1) is 0 Å². The summed E-state index contributed by atoms with van der Waals surface area (Å²) in [5.41, 5.74) is 1.21. The predicted molar refractivity (Wildman–Crippen MR) is 91.8 cm³/mol. The summed E-state index contributed by atoms with van der Waals surface area (Å²) in [5.74, 6) is 0.464. The molecule has 120 valence electrons. The van der Waals surface area contributed by atoms with Crippen molar-refractivity contribution in [2.45, 2.75) is 25.3 Å². The van der Waals surface area contributed by atoms with Gasteiger partial charge in [0.05, 0.1) is 5.52 Å². The molecule has 2 aliphatic rings. The lowest BCUT2D eigenvalue weighted by atomic mass is 10.1. The summed E-state index contributed by atoms with van der Waals surface area (Å²) in [6, 6.07) is 10.0. The first kappa shape index (κ1) is 14.9. The Bertz CT molecular complexity index is 744. The molecular weight excluding hydrogens is 310 g/mol. The summed E-state index contributed by atoms with van der Waals surface area (Å²) in [6.45, 7) is 3.03. The van der Waals surface area contributed by atoms with Gasteiger partial charge in [0.15, 0.2) is 0 Å². The number of hydrogen-bond acceptors (Lipinski definition) is 3. The fourth-order valence-corrected chi connectivity index (χ4v) is 3.51. The smallest absolute Gasteiger partial charge is 0.269 e. The molecule has 2 aromatic rings. The third-order valence-electron chi connectivity index (χ3n) is 4.82. The molecule has 0 radical (unpaired) electrons. The van der Waals surface area contributed by atoms with Crippen LogP contribution in [0, 0.1) is 5.92 Å². The van der Waals surface area contributed by atoms with Crippen LogP contribution in [0.1, 0.15) is 29.8 Å². The number of nitrogens with one attached hydrogen (secondary N) is 1. The molecule has 4 nitrogen and oxygen atoms in total. The summed E-state index contributed by atoms with van der Waals surface area (Å²) >= 11 is 6.00. The first-order valence-electron chi connectivity index (χ1n) is 8.27. The highest BCUT2D eigenvalue weighted by Gasteiger charge is 2.34. The Kier molecular flexibility index (Phi) is 3.95. The number of likely N-dealkylation sites (tertiary alicyclic amines) is 1. The molecule has 2 heterocycles. The number of rotatable bonds is 4. The number of amides is 1. The average Bonchev–Trinajstić information content (AvgIpc) is 3.30. The Morgan fingerprint density at radius 2 is 2.09 bits per heavy atom. The highest BCUT2D eigenvalue weighted by molar-refractivity contribution is 6.31. The van der Waals surface area contributed by atoms with Crippen molar-refractivity contribution in [3.63, 3.8) is 0 Å². The molecule has 2 fully saturated rings. The predicted octanol–water partition coefficient (Wildman–Crippen LogP) is 3.10. The first-order valence-corrected chi connectivity index (χ1v) is 8.65. The Morgan fingerprint density at radius 1 is 1.26 bits per heavy atom. The van der Waals surface area contributed by atoms with E-state index >= 15 is 0 Å². The molecule has 1 aromatic heterocycles. The average molecular weight is 330 g/mol. The standard InChI is InChI=1S/C18H20ClN3O/c19-14-3-1-13-2-6-16(21-17(13)9-14)18(23)20-10-12-7-8-22(11-12)15-4-5-15/h1-3,6,9,12,15H,4-5,7-8,10-11H2,(H,20,23)/t12-/m0/s1. The van der Waals surface area contributed by atoms with Crippen LogP contribution in [0.25, 0.3) is 10.9 Å². The second-order valence-corrected chi connectivity index (χ2v) is 7.06. The number of carbonyl (C=O) groups excluding carboxylic acids is 1. The number of halogens is 1. The lowest BCUT2D eigenvalue weighted by molar-refractivity contribution is 0.0942. The minimum Gasteiger partial charge on any atom is -0.350 e. The summed E-state index contributed by atoms with van der Waals surface area (Å²) < 4.78 is 0. The molecule has 5 heteroatoms. The Balaban J connectivity index is 1.38. The van der Waals surface area contributed by atoms with Gasteiger partial charge in [-0.3, -0.25) is 4.79 Å². The van der Waals surface area contributed by atoms with Crippen molar-refractivity contribution in [2.75, 3.05) is 19.6 Å². The van der Waals surface area contributed by atoms with Gasteiger partial charge in [-0.1, -0.05) is 23.7 Å².